The van der Waals surface area contributed by atoms with Crippen molar-refractivity contribution < 1.29 is 9.31 Å². The summed E-state index contributed by atoms with van der Waals surface area (Å²) >= 11 is 0. The lowest BCUT2D eigenvalue weighted by atomic mass is 10.2. The van der Waals surface area contributed by atoms with E-state index in [2.05, 4.69) is 10.8 Å². The van der Waals surface area contributed by atoms with Crippen molar-refractivity contribution in [1.29, 1.82) is 0 Å². The van der Waals surface area contributed by atoms with E-state index in [9.17, 15) is 14.5 Å². The van der Waals surface area contributed by atoms with E-state index in [4.69, 9.17) is 6.42 Å². The Labute approximate surface area is 117 Å². The van der Waals surface area contributed by atoms with Crippen molar-refractivity contribution in [2.75, 3.05) is 37.6 Å². The SMILES string of the molecule is C#CCCN1CCN(c2ccc(F)cc2[N+](=O)[O-])CC1. The van der Waals surface area contributed by atoms with Gasteiger partial charge in [-0.3, -0.25) is 15.0 Å². The first-order chi connectivity index (χ1) is 9.61. The average molecular weight is 277 g/mol. The van der Waals surface area contributed by atoms with Crippen molar-refractivity contribution in [3.05, 3.63) is 34.1 Å². The number of benzene rings is 1. The largest absolute Gasteiger partial charge is 0.363 e. The van der Waals surface area contributed by atoms with Crippen LogP contribution in [0.2, 0.25) is 0 Å². The topological polar surface area (TPSA) is 49.6 Å². The molecule has 106 valence electrons. The molecule has 0 aliphatic carbocycles. The van der Waals surface area contributed by atoms with E-state index in [0.29, 0.717) is 25.2 Å². The van der Waals surface area contributed by atoms with E-state index in [-0.39, 0.29) is 5.69 Å². The van der Waals surface area contributed by atoms with Gasteiger partial charge < -0.3 is 4.90 Å². The van der Waals surface area contributed by atoms with Crippen LogP contribution in [0.4, 0.5) is 15.8 Å². The Bertz CT molecular complexity index is 534. The normalized spacial score (nSPS) is 15.9. The number of nitrogens with zero attached hydrogens (tertiary/aromatic N) is 3. The zero-order chi connectivity index (χ0) is 14.5. The van der Waals surface area contributed by atoms with Crippen LogP contribution in [0.15, 0.2) is 18.2 Å². The monoisotopic (exact) mass is 277 g/mol. The van der Waals surface area contributed by atoms with E-state index in [1.807, 2.05) is 4.90 Å². The molecule has 2 rings (SSSR count). The minimum absolute atomic E-state index is 0.179. The molecule has 0 saturated carbocycles. The summed E-state index contributed by atoms with van der Waals surface area (Å²) in [4.78, 5) is 14.6. The fourth-order valence-electron chi connectivity index (χ4n) is 2.35. The second-order valence-corrected chi connectivity index (χ2v) is 4.67. The highest BCUT2D eigenvalue weighted by Gasteiger charge is 2.23. The Morgan fingerprint density at radius 2 is 2.05 bits per heavy atom. The molecule has 1 aliphatic rings. The third kappa shape index (κ3) is 3.25. The summed E-state index contributed by atoms with van der Waals surface area (Å²) < 4.78 is 13.1. The van der Waals surface area contributed by atoms with Gasteiger partial charge >= 0.3 is 0 Å². The fraction of sp³-hybridized carbons (Fsp3) is 0.429. The summed E-state index contributed by atoms with van der Waals surface area (Å²) in [5.41, 5.74) is 0.301. The van der Waals surface area contributed by atoms with Gasteiger partial charge in [0, 0.05) is 39.1 Å². The van der Waals surface area contributed by atoms with Crippen LogP contribution in [-0.2, 0) is 0 Å². The first-order valence-corrected chi connectivity index (χ1v) is 6.46. The Balaban J connectivity index is 2.07. The molecule has 1 heterocycles. The van der Waals surface area contributed by atoms with Gasteiger partial charge in [-0.25, -0.2) is 4.39 Å². The summed E-state index contributed by atoms with van der Waals surface area (Å²) in [6.07, 6.45) is 5.94. The fourth-order valence-corrected chi connectivity index (χ4v) is 2.35. The molecule has 1 saturated heterocycles. The molecular formula is C14H16FN3O2. The smallest absolute Gasteiger partial charge is 0.295 e. The van der Waals surface area contributed by atoms with E-state index in [0.717, 1.165) is 25.7 Å². The third-order valence-electron chi connectivity index (χ3n) is 3.42. The minimum Gasteiger partial charge on any atom is -0.363 e. The number of piperazine rings is 1. The maximum Gasteiger partial charge on any atom is 0.295 e. The number of halogens is 1. The molecule has 5 nitrogen and oxygen atoms in total. The zero-order valence-corrected chi connectivity index (χ0v) is 11.1. The summed E-state index contributed by atoms with van der Waals surface area (Å²) in [6.45, 7) is 3.80. The number of nitro groups is 1. The van der Waals surface area contributed by atoms with Gasteiger partial charge in [-0.1, -0.05) is 0 Å². The van der Waals surface area contributed by atoms with Gasteiger partial charge in [0.2, 0.25) is 0 Å². The third-order valence-corrected chi connectivity index (χ3v) is 3.42. The van der Waals surface area contributed by atoms with Crippen molar-refractivity contribution in [2.45, 2.75) is 6.42 Å². The molecule has 6 heteroatoms. The maximum atomic E-state index is 13.1. The molecule has 0 unspecified atom stereocenters. The highest BCUT2D eigenvalue weighted by molar-refractivity contribution is 5.63. The van der Waals surface area contributed by atoms with E-state index in [1.165, 1.54) is 12.1 Å². The van der Waals surface area contributed by atoms with Crippen molar-refractivity contribution in [3.63, 3.8) is 0 Å². The number of rotatable bonds is 4. The lowest BCUT2D eigenvalue weighted by Gasteiger charge is -2.35. The van der Waals surface area contributed by atoms with Crippen molar-refractivity contribution >= 4 is 11.4 Å². The van der Waals surface area contributed by atoms with Gasteiger partial charge in [-0.15, -0.1) is 12.3 Å². The molecule has 20 heavy (non-hydrogen) atoms. The lowest BCUT2D eigenvalue weighted by Crippen LogP contribution is -2.46. The van der Waals surface area contributed by atoms with Crippen LogP contribution in [0, 0.1) is 28.3 Å². The van der Waals surface area contributed by atoms with E-state index in [1.54, 1.807) is 0 Å². The molecule has 0 N–H and O–H groups in total. The predicted octanol–water partition coefficient (Wildman–Crippen LogP) is 1.88. The number of nitro benzene ring substituents is 1. The van der Waals surface area contributed by atoms with Gasteiger partial charge in [0.1, 0.15) is 11.5 Å². The Morgan fingerprint density at radius 1 is 1.35 bits per heavy atom. The summed E-state index contributed by atoms with van der Waals surface area (Å²) in [5, 5.41) is 11.0. The highest BCUT2D eigenvalue weighted by Crippen LogP contribution is 2.29. The molecule has 0 amide bonds. The predicted molar refractivity (Wildman–Crippen MR) is 75.2 cm³/mol. The molecule has 0 spiro atoms. The molecular weight excluding hydrogens is 261 g/mol. The number of hydrogen-bond acceptors (Lipinski definition) is 4. The Hall–Kier alpha value is -2.13. The van der Waals surface area contributed by atoms with Crippen LogP contribution in [0.5, 0.6) is 0 Å². The molecule has 0 bridgehead atoms. The number of terminal acetylenes is 1. The average Bonchev–Trinajstić information content (AvgIpc) is 2.45. The van der Waals surface area contributed by atoms with Crippen molar-refractivity contribution in [3.8, 4) is 12.3 Å². The van der Waals surface area contributed by atoms with Gasteiger partial charge in [0.25, 0.3) is 5.69 Å². The lowest BCUT2D eigenvalue weighted by molar-refractivity contribution is -0.384. The molecule has 1 aromatic carbocycles. The first kappa shape index (κ1) is 14.3. The molecule has 1 fully saturated rings. The summed E-state index contributed by atoms with van der Waals surface area (Å²) in [7, 11) is 0. The van der Waals surface area contributed by atoms with Crippen molar-refractivity contribution in [1.82, 2.24) is 4.90 Å². The van der Waals surface area contributed by atoms with E-state index < -0.39 is 10.7 Å². The summed E-state index contributed by atoms with van der Waals surface area (Å²) in [6, 6.07) is 3.71. The molecule has 0 aromatic heterocycles. The molecule has 0 atom stereocenters. The second-order valence-electron chi connectivity index (χ2n) is 4.67. The first-order valence-electron chi connectivity index (χ1n) is 6.46. The Morgan fingerprint density at radius 3 is 2.65 bits per heavy atom. The van der Waals surface area contributed by atoms with Crippen LogP contribution in [0.25, 0.3) is 0 Å². The van der Waals surface area contributed by atoms with Crippen LogP contribution in [0.3, 0.4) is 0 Å². The standard InChI is InChI=1S/C14H16FN3O2/c1-2-3-6-16-7-9-17(10-8-16)13-5-4-12(15)11-14(13)18(19)20/h1,4-5,11H,3,6-10H2. The molecule has 1 aliphatic heterocycles. The number of hydrogen-bond donors (Lipinski definition) is 0. The second kappa shape index (κ2) is 6.35. The quantitative estimate of drug-likeness (QED) is 0.479. The molecule has 1 aromatic rings. The highest BCUT2D eigenvalue weighted by atomic mass is 19.1. The van der Waals surface area contributed by atoms with Gasteiger partial charge in [-0.2, -0.15) is 0 Å². The number of anilines is 1. The van der Waals surface area contributed by atoms with Crippen molar-refractivity contribution in [2.24, 2.45) is 0 Å². The van der Waals surface area contributed by atoms with Gasteiger partial charge in [0.15, 0.2) is 0 Å². The van der Waals surface area contributed by atoms with Crippen LogP contribution in [-0.4, -0.2) is 42.5 Å². The van der Waals surface area contributed by atoms with Gasteiger partial charge in [-0.05, 0) is 12.1 Å². The van der Waals surface area contributed by atoms with Gasteiger partial charge in [0.05, 0.1) is 11.0 Å². The van der Waals surface area contributed by atoms with Crippen LogP contribution < -0.4 is 4.90 Å². The van der Waals surface area contributed by atoms with Crippen LogP contribution >= 0.6 is 0 Å². The van der Waals surface area contributed by atoms with E-state index >= 15 is 0 Å². The summed E-state index contributed by atoms with van der Waals surface area (Å²) in [5.74, 6) is 2.01. The van der Waals surface area contributed by atoms with Crippen LogP contribution in [0.1, 0.15) is 6.42 Å². The minimum atomic E-state index is -0.590. The maximum absolute atomic E-state index is 13.1. The Kier molecular flexibility index (Phi) is 4.53. The molecule has 0 radical (unpaired) electrons. The zero-order valence-electron chi connectivity index (χ0n) is 11.1.